The molecule has 0 aromatic heterocycles. The van der Waals surface area contributed by atoms with Gasteiger partial charge in [0.15, 0.2) is 11.5 Å². The molecule has 2 heterocycles. The average Bonchev–Trinajstić information content (AvgIpc) is 2.78. The number of hydrogen-bond donors (Lipinski definition) is 0. The van der Waals surface area contributed by atoms with Crippen LogP contribution in [0.5, 0.6) is 11.5 Å². The number of sulfonamides is 1. The van der Waals surface area contributed by atoms with Gasteiger partial charge in [0, 0.05) is 44.4 Å². The maximum Gasteiger partial charge on any atom is 0.270 e. The van der Waals surface area contributed by atoms with E-state index in [1.54, 1.807) is 6.07 Å². The van der Waals surface area contributed by atoms with Crippen molar-refractivity contribution in [2.24, 2.45) is 0 Å². The van der Waals surface area contributed by atoms with Crippen molar-refractivity contribution in [2.75, 3.05) is 44.3 Å². The van der Waals surface area contributed by atoms with Gasteiger partial charge in [-0.05, 0) is 18.2 Å². The van der Waals surface area contributed by atoms with E-state index in [1.165, 1.54) is 34.6 Å². The van der Waals surface area contributed by atoms with Gasteiger partial charge >= 0.3 is 0 Å². The lowest BCUT2D eigenvalue weighted by Gasteiger charge is -2.35. The fourth-order valence-corrected chi connectivity index (χ4v) is 4.94. The van der Waals surface area contributed by atoms with Gasteiger partial charge in [-0.3, -0.25) is 10.1 Å². The molecule has 0 atom stereocenters. The molecule has 0 amide bonds. The third kappa shape index (κ3) is 3.62. The number of piperazine rings is 1. The van der Waals surface area contributed by atoms with Crippen LogP contribution in [0.3, 0.4) is 0 Å². The molecule has 0 saturated carbocycles. The Bertz CT molecular complexity index is 1140. The molecule has 1 saturated heterocycles. The zero-order valence-electron chi connectivity index (χ0n) is 15.9. The van der Waals surface area contributed by atoms with Crippen molar-refractivity contribution in [3.8, 4) is 17.6 Å². The van der Waals surface area contributed by atoms with Crippen molar-refractivity contribution in [1.29, 1.82) is 5.26 Å². The van der Waals surface area contributed by atoms with E-state index in [4.69, 9.17) is 9.47 Å². The summed E-state index contributed by atoms with van der Waals surface area (Å²) in [4.78, 5) is 12.4. The molecular weight excluding hydrogens is 412 g/mol. The predicted octanol–water partition coefficient (Wildman–Crippen LogP) is 1.75. The number of nitro benzene ring substituents is 1. The van der Waals surface area contributed by atoms with E-state index in [0.717, 1.165) is 0 Å². The monoisotopic (exact) mass is 430 g/mol. The van der Waals surface area contributed by atoms with Crippen molar-refractivity contribution in [3.05, 3.63) is 52.1 Å². The highest BCUT2D eigenvalue weighted by atomic mass is 32.2. The molecule has 11 heteroatoms. The maximum absolute atomic E-state index is 13.0. The third-order valence-electron chi connectivity index (χ3n) is 5.04. The van der Waals surface area contributed by atoms with Crippen molar-refractivity contribution in [3.63, 3.8) is 0 Å². The molecular formula is C19H18N4O6S. The molecule has 2 aromatic carbocycles. The van der Waals surface area contributed by atoms with Crippen LogP contribution in [0.4, 0.5) is 11.4 Å². The minimum Gasteiger partial charge on any atom is -0.486 e. The Hall–Kier alpha value is -3.36. The normalized spacial score (nSPS) is 16.7. The number of benzene rings is 2. The molecule has 0 N–H and O–H groups in total. The number of hydrogen-bond acceptors (Lipinski definition) is 8. The first kappa shape index (κ1) is 19.9. The summed E-state index contributed by atoms with van der Waals surface area (Å²) in [5, 5.41) is 20.3. The molecule has 1 fully saturated rings. The third-order valence-corrected chi connectivity index (χ3v) is 6.94. The summed E-state index contributed by atoms with van der Waals surface area (Å²) in [6, 6.07) is 10.6. The summed E-state index contributed by atoms with van der Waals surface area (Å²) in [7, 11) is -3.72. The van der Waals surface area contributed by atoms with Crippen LogP contribution < -0.4 is 14.4 Å². The second-order valence-electron chi connectivity index (χ2n) is 6.77. The highest BCUT2D eigenvalue weighted by Crippen LogP contribution is 2.33. The van der Waals surface area contributed by atoms with Gasteiger partial charge in [-0.2, -0.15) is 9.57 Å². The Morgan fingerprint density at radius 1 is 1.00 bits per heavy atom. The zero-order valence-corrected chi connectivity index (χ0v) is 16.7. The number of anilines is 1. The quantitative estimate of drug-likeness (QED) is 0.530. The van der Waals surface area contributed by atoms with Crippen LogP contribution in [0.2, 0.25) is 0 Å². The number of nitrogens with zero attached hydrogens (tertiary/aromatic N) is 4. The molecule has 0 unspecified atom stereocenters. The minimum absolute atomic E-state index is 0.133. The molecule has 10 nitrogen and oxygen atoms in total. The fraction of sp³-hybridized carbons (Fsp3) is 0.316. The van der Waals surface area contributed by atoms with E-state index in [1.807, 2.05) is 11.0 Å². The second kappa shape index (κ2) is 7.81. The van der Waals surface area contributed by atoms with Crippen LogP contribution in [0.25, 0.3) is 0 Å². The number of nitro groups is 1. The van der Waals surface area contributed by atoms with Crippen LogP contribution in [-0.4, -0.2) is 57.0 Å². The highest BCUT2D eigenvalue weighted by Gasteiger charge is 2.30. The molecule has 4 rings (SSSR count). The molecule has 0 radical (unpaired) electrons. The molecule has 0 aliphatic carbocycles. The fourth-order valence-electron chi connectivity index (χ4n) is 3.51. The highest BCUT2D eigenvalue weighted by molar-refractivity contribution is 7.89. The van der Waals surface area contributed by atoms with Crippen LogP contribution in [0.15, 0.2) is 41.3 Å². The van der Waals surface area contributed by atoms with Crippen molar-refractivity contribution >= 4 is 21.4 Å². The van der Waals surface area contributed by atoms with Gasteiger partial charge in [-0.25, -0.2) is 8.42 Å². The Labute approximate surface area is 173 Å². The summed E-state index contributed by atoms with van der Waals surface area (Å²) < 4.78 is 38.4. The summed E-state index contributed by atoms with van der Waals surface area (Å²) in [6.07, 6.45) is 0. The average molecular weight is 430 g/mol. The summed E-state index contributed by atoms with van der Waals surface area (Å²) in [5.41, 5.74) is 0.585. The molecule has 2 aromatic rings. The predicted molar refractivity (Wildman–Crippen MR) is 106 cm³/mol. The first-order chi connectivity index (χ1) is 14.4. The number of rotatable bonds is 4. The zero-order chi connectivity index (χ0) is 21.3. The number of fused-ring (bicyclic) bond motifs is 1. The van der Waals surface area contributed by atoms with E-state index in [-0.39, 0.29) is 29.2 Å². The summed E-state index contributed by atoms with van der Waals surface area (Å²) in [6.45, 7) is 1.95. The second-order valence-corrected chi connectivity index (χ2v) is 8.70. The lowest BCUT2D eigenvalue weighted by Crippen LogP contribution is -2.48. The molecule has 30 heavy (non-hydrogen) atoms. The lowest BCUT2D eigenvalue weighted by atomic mass is 10.1. The van der Waals surface area contributed by atoms with Gasteiger partial charge < -0.3 is 14.4 Å². The molecule has 2 aliphatic heterocycles. The standard InChI is InChI=1S/C19H18N4O6S/c20-13-14-11-15(23(24)25)1-3-17(14)21-5-7-22(8-6-21)30(26,27)16-2-4-18-19(12-16)29-10-9-28-18/h1-4,11-12H,5-10H2. The first-order valence-electron chi connectivity index (χ1n) is 9.23. The largest absolute Gasteiger partial charge is 0.486 e. The Morgan fingerprint density at radius 3 is 2.37 bits per heavy atom. The molecule has 2 aliphatic rings. The molecule has 0 bridgehead atoms. The van der Waals surface area contributed by atoms with Gasteiger partial charge in [0.25, 0.3) is 5.69 Å². The van der Waals surface area contributed by atoms with Crippen LogP contribution in [0.1, 0.15) is 5.56 Å². The van der Waals surface area contributed by atoms with Gasteiger partial charge in [-0.1, -0.05) is 0 Å². The van der Waals surface area contributed by atoms with Gasteiger partial charge in [0.2, 0.25) is 10.0 Å². The van der Waals surface area contributed by atoms with E-state index in [2.05, 4.69) is 0 Å². The summed E-state index contributed by atoms with van der Waals surface area (Å²) in [5.74, 6) is 0.928. The Kier molecular flexibility index (Phi) is 5.19. The molecule has 0 spiro atoms. The van der Waals surface area contributed by atoms with Crippen LogP contribution >= 0.6 is 0 Å². The summed E-state index contributed by atoms with van der Waals surface area (Å²) >= 11 is 0. The van der Waals surface area contributed by atoms with E-state index in [0.29, 0.717) is 43.5 Å². The number of nitriles is 1. The first-order valence-corrected chi connectivity index (χ1v) is 10.7. The van der Waals surface area contributed by atoms with Gasteiger partial charge in [0.05, 0.1) is 21.1 Å². The van der Waals surface area contributed by atoms with Crippen molar-refractivity contribution < 1.29 is 22.8 Å². The van der Waals surface area contributed by atoms with E-state index < -0.39 is 14.9 Å². The van der Waals surface area contributed by atoms with Crippen molar-refractivity contribution in [2.45, 2.75) is 4.90 Å². The number of ether oxygens (including phenoxy) is 2. The van der Waals surface area contributed by atoms with Gasteiger partial charge in [-0.15, -0.1) is 0 Å². The smallest absolute Gasteiger partial charge is 0.270 e. The van der Waals surface area contributed by atoms with E-state index in [9.17, 15) is 23.8 Å². The van der Waals surface area contributed by atoms with Crippen LogP contribution in [-0.2, 0) is 10.0 Å². The maximum atomic E-state index is 13.0. The van der Waals surface area contributed by atoms with Crippen LogP contribution in [0, 0.1) is 21.4 Å². The minimum atomic E-state index is -3.72. The molecule has 156 valence electrons. The Morgan fingerprint density at radius 2 is 1.70 bits per heavy atom. The topological polar surface area (TPSA) is 126 Å². The Balaban J connectivity index is 1.51. The van der Waals surface area contributed by atoms with E-state index >= 15 is 0 Å². The number of non-ortho nitro benzene ring substituents is 1. The SMILES string of the molecule is N#Cc1cc([N+](=O)[O-])ccc1N1CCN(S(=O)(=O)c2ccc3c(c2)OCCO3)CC1. The van der Waals surface area contributed by atoms with Crippen molar-refractivity contribution in [1.82, 2.24) is 4.31 Å². The van der Waals surface area contributed by atoms with Gasteiger partial charge in [0.1, 0.15) is 19.3 Å². The lowest BCUT2D eigenvalue weighted by molar-refractivity contribution is -0.384.